The van der Waals surface area contributed by atoms with Crippen molar-refractivity contribution in [2.75, 3.05) is 13.1 Å². The average molecular weight is 226 g/mol. The van der Waals surface area contributed by atoms with Crippen LogP contribution in [-0.2, 0) is 0 Å². The summed E-state index contributed by atoms with van der Waals surface area (Å²) in [6.45, 7) is 9.26. The van der Waals surface area contributed by atoms with E-state index in [-0.39, 0.29) is 0 Å². The highest BCUT2D eigenvalue weighted by Gasteiger charge is 2.31. The third-order valence-electron chi connectivity index (χ3n) is 4.04. The molecule has 2 N–H and O–H groups in total. The van der Waals surface area contributed by atoms with E-state index in [9.17, 15) is 0 Å². The van der Waals surface area contributed by atoms with E-state index in [4.69, 9.17) is 0 Å². The van der Waals surface area contributed by atoms with E-state index in [0.717, 1.165) is 6.54 Å². The highest BCUT2D eigenvalue weighted by molar-refractivity contribution is 4.94. The third kappa shape index (κ3) is 4.42. The van der Waals surface area contributed by atoms with Crippen molar-refractivity contribution in [1.29, 1.82) is 0 Å². The van der Waals surface area contributed by atoms with Crippen molar-refractivity contribution in [3.05, 3.63) is 0 Å². The summed E-state index contributed by atoms with van der Waals surface area (Å²) < 4.78 is 0. The van der Waals surface area contributed by atoms with Gasteiger partial charge in [-0.05, 0) is 39.2 Å². The number of unbranched alkanes of at least 4 members (excludes halogenated alkanes) is 2. The van der Waals surface area contributed by atoms with Crippen molar-refractivity contribution in [2.45, 2.75) is 77.3 Å². The maximum Gasteiger partial charge on any atom is 0.0304 e. The average Bonchev–Trinajstić information content (AvgIpc) is 2.76. The minimum Gasteiger partial charge on any atom is -0.312 e. The Balaban J connectivity index is 2.16. The summed E-state index contributed by atoms with van der Waals surface area (Å²) in [7, 11) is 0. The fourth-order valence-electron chi connectivity index (χ4n) is 2.62. The van der Waals surface area contributed by atoms with E-state index in [1.807, 2.05) is 0 Å². The second kappa shape index (κ2) is 7.29. The Hall–Kier alpha value is -0.0800. The Kier molecular flexibility index (Phi) is 6.37. The summed E-state index contributed by atoms with van der Waals surface area (Å²) in [6, 6.07) is 0.678. The van der Waals surface area contributed by atoms with Crippen LogP contribution in [0.2, 0.25) is 0 Å². The molecule has 1 aliphatic heterocycles. The molecule has 2 heteroatoms. The van der Waals surface area contributed by atoms with Gasteiger partial charge in [-0.1, -0.05) is 33.1 Å². The number of rotatable bonds is 8. The lowest BCUT2D eigenvalue weighted by atomic mass is 9.93. The van der Waals surface area contributed by atoms with Crippen molar-refractivity contribution < 1.29 is 0 Å². The molecule has 0 aromatic carbocycles. The topological polar surface area (TPSA) is 24.1 Å². The standard InChI is InChI=1S/C14H30N2/c1-4-6-7-9-13(3)15-12-14(5-2)10-8-11-16-14/h13,15-16H,4-12H2,1-3H3. The molecule has 2 atom stereocenters. The van der Waals surface area contributed by atoms with Gasteiger partial charge >= 0.3 is 0 Å². The number of nitrogens with one attached hydrogen (secondary N) is 2. The molecule has 1 saturated heterocycles. The lowest BCUT2D eigenvalue weighted by molar-refractivity contribution is 0.319. The molecule has 1 fully saturated rings. The van der Waals surface area contributed by atoms with Gasteiger partial charge in [0.15, 0.2) is 0 Å². The second-order valence-electron chi connectivity index (χ2n) is 5.44. The van der Waals surface area contributed by atoms with Crippen molar-refractivity contribution in [3.8, 4) is 0 Å². The molecule has 2 nitrogen and oxygen atoms in total. The Morgan fingerprint density at radius 3 is 2.69 bits per heavy atom. The summed E-state index contributed by atoms with van der Waals surface area (Å²) >= 11 is 0. The molecular weight excluding hydrogens is 196 g/mol. The minimum absolute atomic E-state index is 0.402. The first-order valence-electron chi connectivity index (χ1n) is 7.21. The first-order chi connectivity index (χ1) is 7.72. The van der Waals surface area contributed by atoms with E-state index in [1.54, 1.807) is 0 Å². The third-order valence-corrected chi connectivity index (χ3v) is 4.04. The predicted octanol–water partition coefficient (Wildman–Crippen LogP) is 3.08. The molecule has 96 valence electrons. The van der Waals surface area contributed by atoms with Crippen LogP contribution in [0.3, 0.4) is 0 Å². The molecule has 1 aliphatic rings. The molecule has 0 aromatic rings. The van der Waals surface area contributed by atoms with Gasteiger partial charge in [-0.3, -0.25) is 0 Å². The molecule has 0 bridgehead atoms. The molecule has 16 heavy (non-hydrogen) atoms. The lowest BCUT2D eigenvalue weighted by Crippen LogP contribution is -2.49. The first kappa shape index (κ1) is 14.0. The Labute approximate surface area is 102 Å². The first-order valence-corrected chi connectivity index (χ1v) is 7.21. The quantitative estimate of drug-likeness (QED) is 0.622. The summed E-state index contributed by atoms with van der Waals surface area (Å²) in [6.07, 6.45) is 9.35. The second-order valence-corrected chi connectivity index (χ2v) is 5.44. The number of hydrogen-bond acceptors (Lipinski definition) is 2. The van der Waals surface area contributed by atoms with Gasteiger partial charge < -0.3 is 10.6 Å². The molecule has 1 heterocycles. The molecule has 0 radical (unpaired) electrons. The van der Waals surface area contributed by atoms with Crippen molar-refractivity contribution >= 4 is 0 Å². The Bertz CT molecular complexity index is 174. The molecule has 0 amide bonds. The maximum atomic E-state index is 3.71. The van der Waals surface area contributed by atoms with Crippen LogP contribution in [0.5, 0.6) is 0 Å². The smallest absolute Gasteiger partial charge is 0.0304 e. The molecule has 0 aromatic heterocycles. The predicted molar refractivity (Wildman–Crippen MR) is 71.9 cm³/mol. The monoisotopic (exact) mass is 226 g/mol. The van der Waals surface area contributed by atoms with Crippen LogP contribution in [0.25, 0.3) is 0 Å². The zero-order valence-corrected chi connectivity index (χ0v) is 11.4. The van der Waals surface area contributed by atoms with Crippen LogP contribution in [-0.4, -0.2) is 24.7 Å². The zero-order valence-electron chi connectivity index (χ0n) is 11.4. The number of hydrogen-bond donors (Lipinski definition) is 2. The Morgan fingerprint density at radius 1 is 1.31 bits per heavy atom. The SMILES string of the molecule is CCCCCC(C)NCC1(CC)CCCN1. The highest BCUT2D eigenvalue weighted by atomic mass is 15.1. The van der Waals surface area contributed by atoms with Gasteiger partial charge in [-0.15, -0.1) is 0 Å². The minimum atomic E-state index is 0.402. The summed E-state index contributed by atoms with van der Waals surface area (Å²) in [5.41, 5.74) is 0.402. The van der Waals surface area contributed by atoms with E-state index < -0.39 is 0 Å². The fraction of sp³-hybridized carbons (Fsp3) is 1.00. The highest BCUT2D eigenvalue weighted by Crippen LogP contribution is 2.22. The summed E-state index contributed by atoms with van der Waals surface area (Å²) in [5, 5.41) is 7.39. The van der Waals surface area contributed by atoms with Crippen molar-refractivity contribution in [1.82, 2.24) is 10.6 Å². The van der Waals surface area contributed by atoms with Crippen LogP contribution >= 0.6 is 0 Å². The van der Waals surface area contributed by atoms with E-state index >= 15 is 0 Å². The van der Waals surface area contributed by atoms with Gasteiger partial charge in [0.2, 0.25) is 0 Å². The van der Waals surface area contributed by atoms with Crippen molar-refractivity contribution in [3.63, 3.8) is 0 Å². The van der Waals surface area contributed by atoms with Crippen LogP contribution < -0.4 is 10.6 Å². The molecule has 2 unspecified atom stereocenters. The molecule has 0 aliphatic carbocycles. The van der Waals surface area contributed by atoms with E-state index in [2.05, 4.69) is 31.4 Å². The molecule has 1 rings (SSSR count). The lowest BCUT2D eigenvalue weighted by Gasteiger charge is -2.30. The normalized spacial score (nSPS) is 27.2. The largest absolute Gasteiger partial charge is 0.312 e. The van der Waals surface area contributed by atoms with Gasteiger partial charge in [0.25, 0.3) is 0 Å². The summed E-state index contributed by atoms with van der Waals surface area (Å²) in [5.74, 6) is 0. The van der Waals surface area contributed by atoms with Crippen LogP contribution in [0, 0.1) is 0 Å². The van der Waals surface area contributed by atoms with Gasteiger partial charge in [0, 0.05) is 18.1 Å². The molecule has 0 saturated carbocycles. The van der Waals surface area contributed by atoms with Crippen molar-refractivity contribution in [2.24, 2.45) is 0 Å². The van der Waals surface area contributed by atoms with Crippen LogP contribution in [0.4, 0.5) is 0 Å². The van der Waals surface area contributed by atoms with Gasteiger partial charge in [-0.2, -0.15) is 0 Å². The maximum absolute atomic E-state index is 3.71. The van der Waals surface area contributed by atoms with Gasteiger partial charge in [0.1, 0.15) is 0 Å². The molecule has 0 spiro atoms. The zero-order chi connectivity index (χ0) is 11.9. The fourth-order valence-corrected chi connectivity index (χ4v) is 2.62. The van der Waals surface area contributed by atoms with E-state index in [1.165, 1.54) is 51.5 Å². The van der Waals surface area contributed by atoms with Gasteiger partial charge in [-0.25, -0.2) is 0 Å². The van der Waals surface area contributed by atoms with E-state index in [0.29, 0.717) is 11.6 Å². The van der Waals surface area contributed by atoms with Crippen LogP contribution in [0.15, 0.2) is 0 Å². The summed E-state index contributed by atoms with van der Waals surface area (Å²) in [4.78, 5) is 0. The molecular formula is C14H30N2. The van der Waals surface area contributed by atoms with Gasteiger partial charge in [0.05, 0.1) is 0 Å². The Morgan fingerprint density at radius 2 is 2.12 bits per heavy atom. The van der Waals surface area contributed by atoms with Crippen LogP contribution in [0.1, 0.15) is 65.7 Å².